The van der Waals surface area contributed by atoms with Crippen LogP contribution in [0, 0.1) is 0 Å². The molecule has 1 N–H and O–H groups in total. The zero-order chi connectivity index (χ0) is 31.1. The number of benzene rings is 3. The van der Waals surface area contributed by atoms with Gasteiger partial charge in [0.05, 0.1) is 7.11 Å². The number of nitrogens with one attached hydrogen (secondary N) is 1. The Bertz CT molecular complexity index is 1420. The van der Waals surface area contributed by atoms with E-state index in [0.29, 0.717) is 43.9 Å². The van der Waals surface area contributed by atoms with Crippen LogP contribution in [0.25, 0.3) is 10.8 Å². The van der Waals surface area contributed by atoms with Crippen LogP contribution in [-0.4, -0.2) is 78.2 Å². The number of halogens is 1. The maximum atomic E-state index is 14.0. The van der Waals surface area contributed by atoms with Crippen molar-refractivity contribution in [1.29, 1.82) is 0 Å². The number of fused-ring (bicyclic) bond motifs is 1. The molecule has 0 bridgehead atoms. The molecular formula is C34H42ClN3O5. The molecule has 3 aromatic carbocycles. The van der Waals surface area contributed by atoms with E-state index in [1.807, 2.05) is 36.1 Å². The van der Waals surface area contributed by atoms with Crippen LogP contribution in [-0.2, 0) is 31.9 Å². The molecule has 1 fully saturated rings. The molecule has 0 aromatic heterocycles. The monoisotopic (exact) mass is 607 g/mol. The SMILES string of the molecule is CC[C@H]1CN([C@@H](Cc2ccc3ccccc3c2)C(=O)OC)CCN1C(=O)[C@@H](Cc1ccc(Cl)cc1)NC(=O)OC(C)(C)C. The highest BCUT2D eigenvalue weighted by molar-refractivity contribution is 6.30. The summed E-state index contributed by atoms with van der Waals surface area (Å²) >= 11 is 6.07. The third kappa shape index (κ3) is 8.71. The Morgan fingerprint density at radius 1 is 0.953 bits per heavy atom. The van der Waals surface area contributed by atoms with E-state index in [0.717, 1.165) is 21.9 Å². The summed E-state index contributed by atoms with van der Waals surface area (Å²) in [5.41, 5.74) is 1.21. The minimum absolute atomic E-state index is 0.154. The number of hydrogen-bond donors (Lipinski definition) is 1. The Balaban J connectivity index is 1.52. The Kier molecular flexibility index (Phi) is 10.7. The molecule has 0 radical (unpaired) electrons. The maximum absolute atomic E-state index is 14.0. The summed E-state index contributed by atoms with van der Waals surface area (Å²) in [6.45, 7) is 8.79. The molecule has 3 aromatic rings. The van der Waals surface area contributed by atoms with E-state index in [4.69, 9.17) is 21.1 Å². The fourth-order valence-electron chi connectivity index (χ4n) is 5.59. The van der Waals surface area contributed by atoms with Crippen molar-refractivity contribution in [1.82, 2.24) is 15.1 Å². The van der Waals surface area contributed by atoms with Crippen molar-refractivity contribution in [2.75, 3.05) is 26.7 Å². The predicted molar refractivity (Wildman–Crippen MR) is 169 cm³/mol. The number of nitrogens with zero attached hydrogens (tertiary/aromatic N) is 2. The van der Waals surface area contributed by atoms with Gasteiger partial charge in [-0.3, -0.25) is 14.5 Å². The first-order valence-corrected chi connectivity index (χ1v) is 15.2. The number of piperazine rings is 1. The summed E-state index contributed by atoms with van der Waals surface area (Å²) in [4.78, 5) is 43.8. The van der Waals surface area contributed by atoms with Gasteiger partial charge in [-0.25, -0.2) is 4.79 Å². The summed E-state index contributed by atoms with van der Waals surface area (Å²) in [6, 6.07) is 20.2. The number of rotatable bonds is 9. The fraction of sp³-hybridized carbons (Fsp3) is 0.441. The van der Waals surface area contributed by atoms with Gasteiger partial charge in [0.15, 0.2) is 0 Å². The van der Waals surface area contributed by atoms with Crippen molar-refractivity contribution in [3.05, 3.63) is 82.9 Å². The third-order valence-corrected chi connectivity index (χ3v) is 8.02. The number of alkyl carbamates (subject to hydrolysis) is 1. The molecule has 1 aliphatic rings. The standard InChI is InChI=1S/C34H42ClN3O5/c1-6-28-22-37(30(32(40)42-5)21-24-11-14-25-9-7-8-10-26(25)19-24)17-18-38(28)31(39)29(36-33(41)43-34(2,3)4)20-23-12-15-27(35)16-13-23/h7-16,19,28-30H,6,17-18,20-22H2,1-5H3,(H,36,41)/t28-,29+,30-/m0/s1. The smallest absolute Gasteiger partial charge is 0.408 e. The normalized spacial score (nSPS) is 17.3. The topological polar surface area (TPSA) is 88.2 Å². The van der Waals surface area contributed by atoms with E-state index >= 15 is 0 Å². The Morgan fingerprint density at radius 3 is 2.28 bits per heavy atom. The predicted octanol–water partition coefficient (Wildman–Crippen LogP) is 5.64. The number of ether oxygens (including phenoxy) is 2. The molecule has 4 rings (SSSR count). The van der Waals surface area contributed by atoms with Crippen LogP contribution in [0.1, 0.15) is 45.2 Å². The average molecular weight is 608 g/mol. The zero-order valence-corrected chi connectivity index (χ0v) is 26.4. The number of esters is 1. The number of hydrogen-bond acceptors (Lipinski definition) is 6. The molecule has 43 heavy (non-hydrogen) atoms. The van der Waals surface area contributed by atoms with Crippen molar-refractivity contribution in [3.63, 3.8) is 0 Å². The summed E-state index contributed by atoms with van der Waals surface area (Å²) < 4.78 is 10.7. The first kappa shape index (κ1) is 32.3. The average Bonchev–Trinajstić information content (AvgIpc) is 2.98. The van der Waals surface area contributed by atoms with Crippen molar-refractivity contribution in [3.8, 4) is 0 Å². The van der Waals surface area contributed by atoms with Gasteiger partial charge in [0.25, 0.3) is 0 Å². The minimum Gasteiger partial charge on any atom is -0.468 e. The molecule has 9 heteroatoms. The lowest BCUT2D eigenvalue weighted by Gasteiger charge is -2.44. The van der Waals surface area contributed by atoms with Crippen LogP contribution in [0.3, 0.4) is 0 Å². The highest BCUT2D eigenvalue weighted by Crippen LogP contribution is 2.23. The van der Waals surface area contributed by atoms with Crippen LogP contribution < -0.4 is 5.32 Å². The number of carbonyl (C=O) groups excluding carboxylic acids is 3. The van der Waals surface area contributed by atoms with Gasteiger partial charge in [-0.2, -0.15) is 0 Å². The number of carbonyl (C=O) groups is 3. The Morgan fingerprint density at radius 2 is 1.63 bits per heavy atom. The lowest BCUT2D eigenvalue weighted by atomic mass is 9.98. The van der Waals surface area contributed by atoms with Gasteiger partial charge in [0, 0.05) is 37.1 Å². The van der Waals surface area contributed by atoms with Crippen LogP contribution in [0.4, 0.5) is 4.79 Å². The lowest BCUT2D eigenvalue weighted by Crippen LogP contribution is -2.62. The maximum Gasteiger partial charge on any atom is 0.408 e. The second-order valence-electron chi connectivity index (χ2n) is 12.0. The van der Waals surface area contributed by atoms with Gasteiger partial charge in [-0.05, 0) is 67.6 Å². The first-order valence-electron chi connectivity index (χ1n) is 14.8. The van der Waals surface area contributed by atoms with E-state index in [2.05, 4.69) is 40.5 Å². The Hall–Kier alpha value is -3.62. The van der Waals surface area contributed by atoms with E-state index in [-0.39, 0.29) is 17.9 Å². The summed E-state index contributed by atoms with van der Waals surface area (Å²) in [5, 5.41) is 5.67. The van der Waals surface area contributed by atoms with Gasteiger partial charge < -0.3 is 19.7 Å². The third-order valence-electron chi connectivity index (χ3n) is 7.77. The van der Waals surface area contributed by atoms with Gasteiger partial charge >= 0.3 is 12.1 Å². The molecule has 3 atom stereocenters. The largest absolute Gasteiger partial charge is 0.468 e. The summed E-state index contributed by atoms with van der Waals surface area (Å²) in [7, 11) is 1.41. The molecule has 0 spiro atoms. The number of amides is 2. The van der Waals surface area contributed by atoms with Crippen LogP contribution >= 0.6 is 11.6 Å². The highest BCUT2D eigenvalue weighted by atomic mass is 35.5. The molecule has 2 amide bonds. The second kappa shape index (κ2) is 14.2. The quantitative estimate of drug-likeness (QED) is 0.317. The fourth-order valence-corrected chi connectivity index (χ4v) is 5.72. The lowest BCUT2D eigenvalue weighted by molar-refractivity contribution is -0.149. The zero-order valence-electron chi connectivity index (χ0n) is 25.6. The van der Waals surface area contributed by atoms with E-state index in [1.165, 1.54) is 7.11 Å². The molecular weight excluding hydrogens is 566 g/mol. The molecule has 1 aliphatic heterocycles. The summed E-state index contributed by atoms with van der Waals surface area (Å²) in [6.07, 6.45) is 0.833. The molecule has 0 aliphatic carbocycles. The highest BCUT2D eigenvalue weighted by Gasteiger charge is 2.38. The molecule has 0 unspecified atom stereocenters. The number of methoxy groups -OCH3 is 1. The van der Waals surface area contributed by atoms with Gasteiger partial charge in [-0.15, -0.1) is 0 Å². The molecule has 0 saturated carbocycles. The first-order chi connectivity index (χ1) is 20.5. The van der Waals surface area contributed by atoms with E-state index in [1.54, 1.807) is 32.9 Å². The van der Waals surface area contributed by atoms with E-state index in [9.17, 15) is 14.4 Å². The Labute approximate surface area is 259 Å². The molecule has 1 heterocycles. The van der Waals surface area contributed by atoms with Crippen LogP contribution in [0.15, 0.2) is 66.7 Å². The van der Waals surface area contributed by atoms with Crippen molar-refractivity contribution in [2.24, 2.45) is 0 Å². The minimum atomic E-state index is -0.828. The molecule has 230 valence electrons. The van der Waals surface area contributed by atoms with Crippen molar-refractivity contribution >= 4 is 40.3 Å². The summed E-state index contributed by atoms with van der Waals surface area (Å²) in [5.74, 6) is -0.480. The van der Waals surface area contributed by atoms with Crippen molar-refractivity contribution in [2.45, 2.75) is 70.7 Å². The second-order valence-corrected chi connectivity index (χ2v) is 12.5. The van der Waals surface area contributed by atoms with Gasteiger partial charge in [0.2, 0.25) is 5.91 Å². The molecule has 8 nitrogen and oxygen atoms in total. The van der Waals surface area contributed by atoms with Crippen molar-refractivity contribution < 1.29 is 23.9 Å². The van der Waals surface area contributed by atoms with E-state index < -0.39 is 23.8 Å². The molecule has 1 saturated heterocycles. The van der Waals surface area contributed by atoms with Crippen LogP contribution in [0.2, 0.25) is 5.02 Å². The van der Waals surface area contributed by atoms with Gasteiger partial charge in [-0.1, -0.05) is 73.1 Å². The van der Waals surface area contributed by atoms with Crippen LogP contribution in [0.5, 0.6) is 0 Å². The van der Waals surface area contributed by atoms with Gasteiger partial charge in [0.1, 0.15) is 17.7 Å².